The third-order valence-corrected chi connectivity index (χ3v) is 4.04. The molecule has 2 rings (SSSR count). The molecule has 1 heterocycles. The Morgan fingerprint density at radius 1 is 1.20 bits per heavy atom. The Morgan fingerprint density at radius 2 is 1.88 bits per heavy atom. The molecule has 1 aromatic carbocycles. The lowest BCUT2D eigenvalue weighted by atomic mass is 10.00. The third-order valence-electron chi connectivity index (χ3n) is 4.04. The second kappa shape index (κ2) is 8.23. The predicted octanol–water partition coefficient (Wildman–Crippen LogP) is 3.70. The van der Waals surface area contributed by atoms with Crippen molar-refractivity contribution in [3.05, 3.63) is 35.9 Å². The summed E-state index contributed by atoms with van der Waals surface area (Å²) in [6.45, 7) is 8.13. The van der Waals surface area contributed by atoms with Crippen molar-refractivity contribution in [2.24, 2.45) is 0 Å². The number of nitrogens with zero attached hydrogens (tertiary/aromatic N) is 1. The molecule has 0 unspecified atom stereocenters. The Kier molecular flexibility index (Phi) is 6.28. The van der Waals surface area contributed by atoms with E-state index in [1.54, 1.807) is 4.90 Å². The van der Waals surface area contributed by atoms with Gasteiger partial charge < -0.3 is 19.7 Å². The molecule has 0 aliphatic carbocycles. The Balaban J connectivity index is 1.86. The van der Waals surface area contributed by atoms with Gasteiger partial charge in [-0.15, -0.1) is 0 Å². The van der Waals surface area contributed by atoms with Gasteiger partial charge >= 0.3 is 12.2 Å². The first kappa shape index (κ1) is 19.1. The fourth-order valence-electron chi connectivity index (χ4n) is 2.76. The predicted molar refractivity (Wildman–Crippen MR) is 95.2 cm³/mol. The molecule has 0 aromatic heterocycles. The Labute approximate surface area is 149 Å². The van der Waals surface area contributed by atoms with Crippen LogP contribution >= 0.6 is 0 Å². The quantitative estimate of drug-likeness (QED) is 0.904. The van der Waals surface area contributed by atoms with Crippen molar-refractivity contribution in [1.82, 2.24) is 10.2 Å². The normalized spacial score (nSPS) is 20.7. The van der Waals surface area contributed by atoms with Crippen LogP contribution < -0.4 is 5.32 Å². The van der Waals surface area contributed by atoms with Gasteiger partial charge in [0.2, 0.25) is 0 Å². The summed E-state index contributed by atoms with van der Waals surface area (Å²) in [7, 11) is 0. The van der Waals surface area contributed by atoms with Crippen LogP contribution in [0.5, 0.6) is 0 Å². The van der Waals surface area contributed by atoms with E-state index in [0.717, 1.165) is 18.4 Å². The average Bonchev–Trinajstić information content (AvgIpc) is 2.53. The molecular formula is C19H28N2O4. The summed E-state index contributed by atoms with van der Waals surface area (Å²) in [4.78, 5) is 26.0. The van der Waals surface area contributed by atoms with Gasteiger partial charge in [0.1, 0.15) is 12.2 Å². The fraction of sp³-hybridized carbons (Fsp3) is 0.579. The van der Waals surface area contributed by atoms with Crippen molar-refractivity contribution in [2.45, 2.75) is 64.8 Å². The van der Waals surface area contributed by atoms with E-state index in [9.17, 15) is 9.59 Å². The molecule has 1 aliphatic rings. The van der Waals surface area contributed by atoms with Gasteiger partial charge in [-0.05, 0) is 46.1 Å². The van der Waals surface area contributed by atoms with E-state index in [2.05, 4.69) is 5.32 Å². The van der Waals surface area contributed by atoms with Crippen LogP contribution in [0.3, 0.4) is 0 Å². The number of hydrogen-bond acceptors (Lipinski definition) is 4. The minimum atomic E-state index is -0.541. The van der Waals surface area contributed by atoms with Crippen molar-refractivity contribution in [3.8, 4) is 0 Å². The van der Waals surface area contributed by atoms with E-state index >= 15 is 0 Å². The molecule has 25 heavy (non-hydrogen) atoms. The summed E-state index contributed by atoms with van der Waals surface area (Å²) in [6.07, 6.45) is 0.806. The fourth-order valence-corrected chi connectivity index (χ4v) is 2.76. The number of ether oxygens (including phenoxy) is 2. The van der Waals surface area contributed by atoms with Crippen molar-refractivity contribution in [2.75, 3.05) is 6.54 Å². The molecular weight excluding hydrogens is 320 g/mol. The van der Waals surface area contributed by atoms with Crippen molar-refractivity contribution in [1.29, 1.82) is 0 Å². The molecule has 138 valence electrons. The zero-order valence-corrected chi connectivity index (χ0v) is 15.5. The van der Waals surface area contributed by atoms with E-state index in [1.807, 2.05) is 58.0 Å². The minimum absolute atomic E-state index is 0.0833. The summed E-state index contributed by atoms with van der Waals surface area (Å²) in [6, 6.07) is 9.53. The standard InChI is InChI=1S/C19H28N2O4/c1-14-10-11-16(20-17(22)25-19(2,3)4)12-21(14)18(23)24-13-15-8-6-5-7-9-15/h5-9,14,16H,10-13H2,1-4H3,(H,20,22)/t14-,16-/m1/s1. The lowest BCUT2D eigenvalue weighted by Gasteiger charge is -2.37. The number of carbonyl (C=O) groups is 2. The van der Waals surface area contributed by atoms with Gasteiger partial charge in [0, 0.05) is 18.6 Å². The molecule has 1 aromatic rings. The highest BCUT2D eigenvalue weighted by molar-refractivity contribution is 5.70. The maximum Gasteiger partial charge on any atom is 0.410 e. The highest BCUT2D eigenvalue weighted by Gasteiger charge is 2.31. The number of carbonyl (C=O) groups excluding carboxylic acids is 2. The SMILES string of the molecule is C[C@@H]1CC[C@@H](NC(=O)OC(C)(C)C)CN1C(=O)OCc1ccccc1. The average molecular weight is 348 g/mol. The molecule has 1 fully saturated rings. The number of rotatable bonds is 3. The van der Waals surface area contributed by atoms with E-state index < -0.39 is 11.7 Å². The number of hydrogen-bond donors (Lipinski definition) is 1. The van der Waals surface area contributed by atoms with Crippen molar-refractivity contribution < 1.29 is 19.1 Å². The molecule has 6 nitrogen and oxygen atoms in total. The number of piperidine rings is 1. The molecule has 0 radical (unpaired) electrons. The molecule has 1 aliphatic heterocycles. The summed E-state index contributed by atoms with van der Waals surface area (Å²) in [5, 5.41) is 2.84. The first-order valence-corrected chi connectivity index (χ1v) is 8.71. The molecule has 1 N–H and O–H groups in total. The highest BCUT2D eigenvalue weighted by atomic mass is 16.6. The number of benzene rings is 1. The van der Waals surface area contributed by atoms with Crippen molar-refractivity contribution >= 4 is 12.2 Å². The number of nitrogens with one attached hydrogen (secondary N) is 1. The zero-order chi connectivity index (χ0) is 18.4. The summed E-state index contributed by atoms with van der Waals surface area (Å²) >= 11 is 0. The molecule has 1 saturated heterocycles. The van der Waals surface area contributed by atoms with Crippen LogP contribution in [0, 0.1) is 0 Å². The molecule has 2 amide bonds. The summed E-state index contributed by atoms with van der Waals surface area (Å²) < 4.78 is 10.7. The smallest absolute Gasteiger partial charge is 0.410 e. The van der Waals surface area contributed by atoms with E-state index in [4.69, 9.17) is 9.47 Å². The summed E-state index contributed by atoms with van der Waals surface area (Å²) in [5.41, 5.74) is 0.407. The zero-order valence-electron chi connectivity index (χ0n) is 15.5. The lowest BCUT2D eigenvalue weighted by molar-refractivity contribution is 0.0402. The van der Waals surface area contributed by atoms with Crippen LogP contribution in [0.25, 0.3) is 0 Å². The van der Waals surface area contributed by atoms with Crippen LogP contribution in [0.2, 0.25) is 0 Å². The second-order valence-electron chi connectivity index (χ2n) is 7.46. The second-order valence-corrected chi connectivity index (χ2v) is 7.46. The third kappa shape index (κ3) is 6.29. The van der Waals surface area contributed by atoms with Gasteiger partial charge in [-0.3, -0.25) is 0 Å². The Bertz CT molecular complexity index is 583. The van der Waals surface area contributed by atoms with Crippen LogP contribution in [-0.4, -0.2) is 41.3 Å². The van der Waals surface area contributed by atoms with Gasteiger partial charge in [-0.2, -0.15) is 0 Å². The summed E-state index contributed by atoms with van der Waals surface area (Å²) in [5.74, 6) is 0. The Hall–Kier alpha value is -2.24. The number of likely N-dealkylation sites (tertiary alicyclic amines) is 1. The molecule has 2 atom stereocenters. The number of alkyl carbamates (subject to hydrolysis) is 1. The first-order valence-electron chi connectivity index (χ1n) is 8.71. The number of amides is 2. The van der Waals surface area contributed by atoms with E-state index in [-0.39, 0.29) is 24.8 Å². The molecule has 6 heteroatoms. The van der Waals surface area contributed by atoms with Crippen LogP contribution in [-0.2, 0) is 16.1 Å². The van der Waals surface area contributed by atoms with E-state index in [1.165, 1.54) is 0 Å². The van der Waals surface area contributed by atoms with Crippen LogP contribution in [0.4, 0.5) is 9.59 Å². The highest BCUT2D eigenvalue weighted by Crippen LogP contribution is 2.19. The largest absolute Gasteiger partial charge is 0.445 e. The van der Waals surface area contributed by atoms with Crippen LogP contribution in [0.1, 0.15) is 46.1 Å². The maximum atomic E-state index is 12.4. The monoisotopic (exact) mass is 348 g/mol. The molecule has 0 bridgehead atoms. The topological polar surface area (TPSA) is 67.9 Å². The van der Waals surface area contributed by atoms with Gasteiger partial charge in [0.05, 0.1) is 0 Å². The molecule has 0 spiro atoms. The van der Waals surface area contributed by atoms with Gasteiger partial charge in [0.15, 0.2) is 0 Å². The Morgan fingerprint density at radius 3 is 2.52 bits per heavy atom. The maximum absolute atomic E-state index is 12.4. The minimum Gasteiger partial charge on any atom is -0.445 e. The van der Waals surface area contributed by atoms with Crippen molar-refractivity contribution in [3.63, 3.8) is 0 Å². The van der Waals surface area contributed by atoms with E-state index in [0.29, 0.717) is 6.54 Å². The first-order chi connectivity index (χ1) is 11.7. The van der Waals surface area contributed by atoms with Gasteiger partial charge in [-0.1, -0.05) is 30.3 Å². The van der Waals surface area contributed by atoms with Gasteiger partial charge in [0.25, 0.3) is 0 Å². The van der Waals surface area contributed by atoms with Crippen LogP contribution in [0.15, 0.2) is 30.3 Å². The lowest BCUT2D eigenvalue weighted by Crippen LogP contribution is -2.53. The molecule has 0 saturated carbocycles. The van der Waals surface area contributed by atoms with Gasteiger partial charge in [-0.25, -0.2) is 9.59 Å².